The molecular formula is C67H64F3N15O10. The lowest BCUT2D eigenvalue weighted by Gasteiger charge is -2.24. The molecule has 0 spiro atoms. The number of aromatic carboxylic acids is 1. The largest absolute Gasteiger partial charge is 0.476 e. The Kier molecular flexibility index (Phi) is 16.5. The average molecular weight is 1300 g/mol. The summed E-state index contributed by atoms with van der Waals surface area (Å²) in [6, 6.07) is 28.0. The number of imidazole rings is 3. The van der Waals surface area contributed by atoms with Crippen molar-refractivity contribution in [2.75, 3.05) is 32.8 Å². The number of nitrogens with zero attached hydrogens (tertiary/aromatic N) is 14. The molecule has 6 unspecified atom stereocenters. The molecule has 6 atom stereocenters. The van der Waals surface area contributed by atoms with E-state index in [1.54, 1.807) is 58.6 Å². The van der Waals surface area contributed by atoms with Gasteiger partial charge in [0.2, 0.25) is 52.9 Å². The number of rotatable bonds is 12. The summed E-state index contributed by atoms with van der Waals surface area (Å²) < 4.78 is 57.6. The Morgan fingerprint density at radius 1 is 0.589 bits per heavy atom. The fourth-order valence-corrected chi connectivity index (χ4v) is 15.1. The number of nitrogens with two attached hydrogens (primary N) is 1. The van der Waals surface area contributed by atoms with Gasteiger partial charge in [0.05, 0.1) is 31.3 Å². The molecule has 7 aromatic heterocycles. The number of carboxylic acid groups (broad SMARTS) is 1. The van der Waals surface area contributed by atoms with Gasteiger partial charge in [0, 0.05) is 80.9 Å². The third-order valence-electron chi connectivity index (χ3n) is 19.0. The maximum atomic E-state index is 14.8. The fraction of sp³-hybridized carbons (Fsp3) is 0.343. The Balaban J connectivity index is 0.000000114. The Hall–Kier alpha value is -10.6. The molecule has 10 aromatic rings. The fourth-order valence-electron chi connectivity index (χ4n) is 15.1. The van der Waals surface area contributed by atoms with Crippen molar-refractivity contribution in [3.63, 3.8) is 0 Å². The van der Waals surface area contributed by atoms with Gasteiger partial charge >= 0.3 is 5.97 Å². The number of fused-ring (bicyclic) bond motifs is 12. The number of amidine groups is 1. The van der Waals surface area contributed by atoms with Crippen LogP contribution in [0.2, 0.25) is 0 Å². The lowest BCUT2D eigenvalue weighted by molar-refractivity contribution is -0.130. The zero-order valence-electron chi connectivity index (χ0n) is 51.3. The van der Waals surface area contributed by atoms with Crippen molar-refractivity contribution in [1.82, 2.24) is 63.3 Å². The first-order chi connectivity index (χ1) is 46.2. The molecular weight excluding hydrogens is 1230 g/mol. The second-order valence-corrected chi connectivity index (χ2v) is 24.4. The molecule has 25 nitrogen and oxygen atoms in total. The number of hydrogen-bond acceptors (Lipinski definition) is 17. The smallest absolute Gasteiger partial charge is 0.359 e. The maximum Gasteiger partial charge on any atom is 0.359 e. The molecule has 6 N–H and O–H groups in total. The first kappa shape index (κ1) is 61.9. The number of aryl methyl sites for hydroxylation is 1. The van der Waals surface area contributed by atoms with Crippen LogP contribution in [0, 0.1) is 35.6 Å². The number of aliphatic hydroxyl groups is 2. The van der Waals surface area contributed by atoms with Crippen LogP contribution in [-0.4, -0.2) is 146 Å². The molecule has 3 aromatic carbocycles. The number of hydrogen-bond donors (Lipinski definition) is 5. The van der Waals surface area contributed by atoms with Gasteiger partial charge in [-0.25, -0.2) is 19.7 Å². The number of pyridine rings is 2. The quantitative estimate of drug-likeness (QED) is 0.0335. The lowest BCUT2D eigenvalue weighted by Crippen LogP contribution is -2.30. The minimum atomic E-state index is -1.29. The molecule has 0 radical (unpaired) electrons. The molecule has 95 heavy (non-hydrogen) atoms. The van der Waals surface area contributed by atoms with Gasteiger partial charge in [-0.05, 0) is 114 Å². The molecule has 3 aliphatic carbocycles. The molecule has 0 bridgehead atoms. The van der Waals surface area contributed by atoms with Crippen molar-refractivity contribution in [3.05, 3.63) is 172 Å². The minimum absolute atomic E-state index is 0.00844. The molecule has 11 heterocycles. The van der Waals surface area contributed by atoms with Gasteiger partial charge < -0.3 is 54.6 Å². The van der Waals surface area contributed by atoms with Crippen LogP contribution in [0.1, 0.15) is 119 Å². The predicted octanol–water partition coefficient (Wildman–Crippen LogP) is 7.95. The van der Waals surface area contributed by atoms with E-state index >= 15 is 0 Å². The van der Waals surface area contributed by atoms with Gasteiger partial charge in [0.1, 0.15) is 17.1 Å². The number of oxime groups is 1. The number of halogens is 3. The van der Waals surface area contributed by atoms with Gasteiger partial charge in [-0.2, -0.15) is 23.1 Å². The number of carbonyl (C=O) groups is 4. The Bertz CT molecular complexity index is 4490. The Morgan fingerprint density at radius 2 is 1.06 bits per heavy atom. The lowest BCUT2D eigenvalue weighted by atomic mass is 10.0. The molecule has 3 fully saturated rings. The molecule has 28 heteroatoms. The predicted molar refractivity (Wildman–Crippen MR) is 332 cm³/mol. The highest BCUT2D eigenvalue weighted by molar-refractivity contribution is 5.99. The van der Waals surface area contributed by atoms with Crippen LogP contribution in [0.25, 0.3) is 57.2 Å². The van der Waals surface area contributed by atoms with Gasteiger partial charge in [0.15, 0.2) is 17.2 Å². The SMILES string of the molecule is CCCN1C(=O)CC2Cc3c(/C(N)=N/O)cccc3C21.O=C(O)c1nc2n(c1F)CCCC2.O=C1CC2Cc3c(-c4noc(-c5nc6ccccn6c5F)n4)cccc3C2N1CCO.O=C1CC2Cc3c(-c4noc(-c5nc6ccccn6c5F)n4)cccc3C2N1CCO. The van der Waals surface area contributed by atoms with Crippen molar-refractivity contribution < 1.29 is 61.9 Å². The van der Waals surface area contributed by atoms with Crippen LogP contribution in [0.3, 0.4) is 0 Å². The summed E-state index contributed by atoms with van der Waals surface area (Å²) in [7, 11) is 0. The number of β-amino-alcohol motifs (C(OH)–C–C–N with tert-alkyl or cyclic N) is 2. The first-order valence-electron chi connectivity index (χ1n) is 31.5. The van der Waals surface area contributed by atoms with Crippen LogP contribution in [0.5, 0.6) is 0 Å². The van der Waals surface area contributed by atoms with E-state index in [-0.39, 0.29) is 89.9 Å². The topological polar surface area (TPSA) is 328 Å². The number of aliphatic hydroxyl groups excluding tert-OH is 2. The molecule has 7 aliphatic rings. The molecule has 4 aliphatic heterocycles. The van der Waals surface area contributed by atoms with Crippen molar-refractivity contribution in [2.24, 2.45) is 28.6 Å². The van der Waals surface area contributed by atoms with Crippen molar-refractivity contribution in [2.45, 2.75) is 95.8 Å². The second kappa shape index (κ2) is 25.4. The molecule has 17 rings (SSSR count). The zero-order valence-corrected chi connectivity index (χ0v) is 51.3. The minimum Gasteiger partial charge on any atom is -0.476 e. The van der Waals surface area contributed by atoms with Gasteiger partial charge in [-0.15, -0.1) is 0 Å². The molecule has 0 saturated carbocycles. The summed E-state index contributed by atoms with van der Waals surface area (Å²) in [6.07, 6.45) is 10.4. The first-order valence-corrected chi connectivity index (χ1v) is 31.5. The van der Waals surface area contributed by atoms with Crippen molar-refractivity contribution >= 4 is 40.8 Å². The number of amides is 3. The van der Waals surface area contributed by atoms with E-state index < -0.39 is 29.5 Å². The Morgan fingerprint density at radius 3 is 1.52 bits per heavy atom. The van der Waals surface area contributed by atoms with Crippen LogP contribution in [0.4, 0.5) is 13.2 Å². The highest BCUT2D eigenvalue weighted by Gasteiger charge is 2.49. The van der Waals surface area contributed by atoms with Crippen LogP contribution < -0.4 is 5.73 Å². The van der Waals surface area contributed by atoms with Crippen LogP contribution in [-0.2, 0) is 46.6 Å². The number of aromatic nitrogens is 10. The monoisotopic (exact) mass is 1300 g/mol. The van der Waals surface area contributed by atoms with E-state index in [9.17, 15) is 42.6 Å². The Labute approximate surface area is 538 Å². The van der Waals surface area contributed by atoms with E-state index in [0.717, 1.165) is 89.6 Å². The number of benzene rings is 3. The number of likely N-dealkylation sites (tertiary alicyclic amines) is 3. The summed E-state index contributed by atoms with van der Waals surface area (Å²) in [6.45, 7) is 3.94. The van der Waals surface area contributed by atoms with E-state index in [2.05, 4.69) is 53.4 Å². The number of carbonyl (C=O) groups excluding carboxylic acids is 3. The summed E-state index contributed by atoms with van der Waals surface area (Å²) >= 11 is 0. The van der Waals surface area contributed by atoms with E-state index in [4.69, 9.17) is 25.1 Å². The van der Waals surface area contributed by atoms with E-state index in [0.29, 0.717) is 80.0 Å². The molecule has 488 valence electrons. The van der Waals surface area contributed by atoms with Gasteiger partial charge in [-0.1, -0.05) is 89.1 Å². The highest BCUT2D eigenvalue weighted by Crippen LogP contribution is 2.52. The van der Waals surface area contributed by atoms with Crippen LogP contribution in [0.15, 0.2) is 118 Å². The second-order valence-electron chi connectivity index (χ2n) is 24.4. The summed E-state index contributed by atoms with van der Waals surface area (Å²) in [5.41, 5.74) is 15.2. The summed E-state index contributed by atoms with van der Waals surface area (Å²) in [5, 5.41) is 47.5. The third kappa shape index (κ3) is 10.9. The zero-order chi connectivity index (χ0) is 65.9. The number of carboxylic acids is 1. The normalized spacial score (nSPS) is 20.4. The van der Waals surface area contributed by atoms with Gasteiger partial charge in [0.25, 0.3) is 11.8 Å². The van der Waals surface area contributed by atoms with E-state index in [1.165, 1.54) is 18.9 Å². The van der Waals surface area contributed by atoms with Crippen molar-refractivity contribution in [1.29, 1.82) is 0 Å². The van der Waals surface area contributed by atoms with Crippen LogP contribution >= 0.6 is 0 Å². The highest BCUT2D eigenvalue weighted by atomic mass is 19.1. The maximum absolute atomic E-state index is 14.8. The summed E-state index contributed by atoms with van der Waals surface area (Å²) in [5.74, 6) is -0.590. The summed E-state index contributed by atoms with van der Waals surface area (Å²) in [4.78, 5) is 74.0. The van der Waals surface area contributed by atoms with Gasteiger partial charge in [-0.3, -0.25) is 23.2 Å². The average Bonchev–Trinajstić information content (AvgIpc) is 1.60. The molecule has 3 saturated heterocycles. The van der Waals surface area contributed by atoms with Crippen molar-refractivity contribution in [3.8, 4) is 45.9 Å². The standard InChI is InChI=1S/2C22H18FN5O3.C15H19N3O2.C8H9FN2O2/c2*23-20-18(24-16-6-1-2-7-27(16)20)22-25-21(26-31-22)14-5-3-4-13-15(14)10-12-11-17(30)28(8-9-29)19(12)13;1-2-6-18-13(19)8-9-7-12-10(14(9)18)4-3-5-11(12)15(16)17-20;9-7-6(8(12)13)10-5-3-1-2-4-11(5)7/h2*1-7,12,19,29H,8-11H2;3-5,9,14,20H,2,6-8H2,1H3,(H2,16,17);1-4H2,(H,12,13). The molecule has 3 amide bonds. The van der Waals surface area contributed by atoms with E-state index in [1.807, 2.05) is 53.4 Å². The third-order valence-corrected chi connectivity index (χ3v) is 19.0.